The van der Waals surface area contributed by atoms with Gasteiger partial charge in [-0.25, -0.2) is 0 Å². The molecule has 0 saturated heterocycles. The van der Waals surface area contributed by atoms with Crippen molar-refractivity contribution >= 4 is 33.4 Å². The van der Waals surface area contributed by atoms with Crippen molar-refractivity contribution in [2.45, 2.75) is 26.4 Å². The summed E-state index contributed by atoms with van der Waals surface area (Å²) >= 11 is 9.43. The summed E-state index contributed by atoms with van der Waals surface area (Å²) in [5.41, 5.74) is 4.05. The van der Waals surface area contributed by atoms with Crippen LogP contribution in [-0.4, -0.2) is 10.8 Å². The molecule has 2 nitrogen and oxygen atoms in total. The van der Waals surface area contributed by atoms with E-state index < -0.39 is 0 Å². The number of hydrogen-bond donors (Lipinski definition) is 0. The van der Waals surface area contributed by atoms with Crippen LogP contribution in [0.4, 0.5) is 0 Å². The molecule has 0 radical (unpaired) electrons. The van der Waals surface area contributed by atoms with Gasteiger partial charge in [-0.1, -0.05) is 39.7 Å². The Bertz CT molecular complexity index is 711. The number of carbonyl (C=O) groups excluding carboxylic acids is 1. The lowest BCUT2D eigenvalue weighted by molar-refractivity contribution is 0.0715. The van der Waals surface area contributed by atoms with Crippen molar-refractivity contribution in [3.63, 3.8) is 0 Å². The van der Waals surface area contributed by atoms with Gasteiger partial charge in [0.15, 0.2) is 0 Å². The molecule has 108 valence electrons. The smallest absolute Gasteiger partial charge is 0.255 e. The summed E-state index contributed by atoms with van der Waals surface area (Å²) in [6.45, 7) is 4.69. The predicted octanol–water partition coefficient (Wildman–Crippen LogP) is 5.13. The van der Waals surface area contributed by atoms with Gasteiger partial charge in [-0.2, -0.15) is 0 Å². The minimum absolute atomic E-state index is 0.0281. The zero-order valence-corrected chi connectivity index (χ0v) is 14.2. The van der Waals surface area contributed by atoms with Crippen molar-refractivity contribution in [3.05, 3.63) is 68.1 Å². The molecule has 0 saturated carbocycles. The van der Waals surface area contributed by atoms with E-state index in [2.05, 4.69) is 22.9 Å². The monoisotopic (exact) mass is 363 g/mol. The van der Waals surface area contributed by atoms with E-state index in [9.17, 15) is 4.79 Å². The summed E-state index contributed by atoms with van der Waals surface area (Å²) in [6, 6.07) is 11.7. The second-order valence-corrected chi connectivity index (χ2v) is 6.77. The van der Waals surface area contributed by atoms with Crippen molar-refractivity contribution in [3.8, 4) is 0 Å². The molecule has 0 bridgehead atoms. The van der Waals surface area contributed by atoms with Crippen LogP contribution in [-0.2, 0) is 6.54 Å². The third-order valence-corrected chi connectivity index (χ3v) is 4.73. The van der Waals surface area contributed by atoms with Gasteiger partial charge < -0.3 is 4.90 Å². The van der Waals surface area contributed by atoms with Gasteiger partial charge in [-0.3, -0.25) is 4.79 Å². The molecule has 0 unspecified atom stereocenters. The number of aryl methyl sites for hydroxylation is 1. The SMILES string of the molecule is Cc1cc(Br)cc2c1C(=O)N([C@H](C)c1ccc(Cl)cc1)C2. The molecule has 0 N–H and O–H groups in total. The first-order chi connectivity index (χ1) is 9.97. The molecule has 0 aromatic heterocycles. The fraction of sp³-hybridized carbons (Fsp3) is 0.235. The number of hydrogen-bond acceptors (Lipinski definition) is 1. The van der Waals surface area contributed by atoms with Crippen LogP contribution >= 0.6 is 27.5 Å². The first-order valence-electron chi connectivity index (χ1n) is 6.83. The molecule has 1 heterocycles. The number of benzene rings is 2. The van der Waals surface area contributed by atoms with Crippen molar-refractivity contribution in [2.75, 3.05) is 0 Å². The molecule has 0 aliphatic carbocycles. The van der Waals surface area contributed by atoms with Gasteiger partial charge in [0.1, 0.15) is 0 Å². The van der Waals surface area contributed by atoms with Crippen LogP contribution in [0.3, 0.4) is 0 Å². The fourth-order valence-electron chi connectivity index (χ4n) is 2.88. The van der Waals surface area contributed by atoms with Crippen molar-refractivity contribution in [1.82, 2.24) is 4.90 Å². The van der Waals surface area contributed by atoms with E-state index >= 15 is 0 Å². The van der Waals surface area contributed by atoms with E-state index in [1.807, 2.05) is 48.2 Å². The number of amides is 1. The van der Waals surface area contributed by atoms with Crippen LogP contribution in [0.25, 0.3) is 0 Å². The average molecular weight is 365 g/mol. The molecule has 3 rings (SSSR count). The molecule has 1 aliphatic rings. The number of carbonyl (C=O) groups is 1. The molecule has 1 atom stereocenters. The van der Waals surface area contributed by atoms with E-state index in [1.165, 1.54) is 0 Å². The lowest BCUT2D eigenvalue weighted by Crippen LogP contribution is -2.27. The zero-order chi connectivity index (χ0) is 15.1. The van der Waals surface area contributed by atoms with E-state index in [0.717, 1.165) is 26.7 Å². The molecule has 2 aromatic rings. The highest BCUT2D eigenvalue weighted by atomic mass is 79.9. The summed E-state index contributed by atoms with van der Waals surface area (Å²) in [4.78, 5) is 14.6. The standard InChI is InChI=1S/C17H15BrClNO/c1-10-7-14(18)8-13-9-20(17(21)16(10)13)11(2)12-3-5-15(19)6-4-12/h3-8,11H,9H2,1-2H3/t11-/m1/s1. The Hall–Kier alpha value is -1.32. The molecule has 21 heavy (non-hydrogen) atoms. The Kier molecular flexibility index (Phi) is 3.80. The van der Waals surface area contributed by atoms with Crippen LogP contribution in [0.1, 0.15) is 40.0 Å². The molecule has 4 heteroatoms. The van der Waals surface area contributed by atoms with Gasteiger partial charge in [0.2, 0.25) is 0 Å². The van der Waals surface area contributed by atoms with Gasteiger partial charge in [0.05, 0.1) is 6.04 Å². The first-order valence-corrected chi connectivity index (χ1v) is 8.00. The summed E-state index contributed by atoms with van der Waals surface area (Å²) in [5, 5.41) is 0.710. The Balaban J connectivity index is 1.94. The summed E-state index contributed by atoms with van der Waals surface area (Å²) in [6.07, 6.45) is 0. The number of rotatable bonds is 2. The second-order valence-electron chi connectivity index (χ2n) is 5.42. The predicted molar refractivity (Wildman–Crippen MR) is 88.6 cm³/mol. The maximum atomic E-state index is 12.7. The van der Waals surface area contributed by atoms with E-state index in [4.69, 9.17) is 11.6 Å². The highest BCUT2D eigenvalue weighted by Crippen LogP contribution is 2.34. The van der Waals surface area contributed by atoms with Crippen molar-refractivity contribution in [1.29, 1.82) is 0 Å². The lowest BCUT2D eigenvalue weighted by atomic mass is 10.0. The molecule has 2 aromatic carbocycles. The van der Waals surface area contributed by atoms with Crippen molar-refractivity contribution < 1.29 is 4.79 Å². The van der Waals surface area contributed by atoms with Gasteiger partial charge in [-0.05, 0) is 54.8 Å². The molecular weight excluding hydrogens is 350 g/mol. The van der Waals surface area contributed by atoms with Gasteiger partial charge in [-0.15, -0.1) is 0 Å². The van der Waals surface area contributed by atoms with E-state index in [1.54, 1.807) is 0 Å². The maximum absolute atomic E-state index is 12.7. The molecule has 1 aliphatic heterocycles. The van der Waals surface area contributed by atoms with Crippen LogP contribution in [0, 0.1) is 6.92 Å². The van der Waals surface area contributed by atoms with Gasteiger partial charge in [0, 0.05) is 21.6 Å². The highest BCUT2D eigenvalue weighted by molar-refractivity contribution is 9.10. The van der Waals surface area contributed by atoms with Crippen LogP contribution in [0.5, 0.6) is 0 Å². The average Bonchev–Trinajstić information content (AvgIpc) is 2.76. The zero-order valence-electron chi connectivity index (χ0n) is 11.9. The van der Waals surface area contributed by atoms with Crippen LogP contribution in [0.2, 0.25) is 5.02 Å². The van der Waals surface area contributed by atoms with Crippen molar-refractivity contribution in [2.24, 2.45) is 0 Å². The lowest BCUT2D eigenvalue weighted by Gasteiger charge is -2.24. The minimum atomic E-state index is 0.0281. The Morgan fingerprint density at radius 2 is 1.90 bits per heavy atom. The largest absolute Gasteiger partial charge is 0.328 e. The topological polar surface area (TPSA) is 20.3 Å². The summed E-state index contributed by atoms with van der Waals surface area (Å²) in [7, 11) is 0. The van der Waals surface area contributed by atoms with Gasteiger partial charge >= 0.3 is 0 Å². The quantitative estimate of drug-likeness (QED) is 0.723. The minimum Gasteiger partial charge on any atom is -0.328 e. The van der Waals surface area contributed by atoms with Gasteiger partial charge in [0.25, 0.3) is 5.91 Å². The molecule has 1 amide bonds. The first kappa shape index (κ1) is 14.6. The van der Waals surface area contributed by atoms with Crippen LogP contribution in [0.15, 0.2) is 40.9 Å². The number of halogens is 2. The second kappa shape index (κ2) is 5.47. The third kappa shape index (κ3) is 2.60. The third-order valence-electron chi connectivity index (χ3n) is 4.02. The molecule has 0 fully saturated rings. The Morgan fingerprint density at radius 3 is 2.57 bits per heavy atom. The Morgan fingerprint density at radius 1 is 1.24 bits per heavy atom. The number of fused-ring (bicyclic) bond motifs is 1. The van der Waals surface area contributed by atoms with E-state index in [0.29, 0.717) is 11.6 Å². The summed E-state index contributed by atoms with van der Waals surface area (Å²) < 4.78 is 1.02. The highest BCUT2D eigenvalue weighted by Gasteiger charge is 2.32. The number of nitrogens with zero attached hydrogens (tertiary/aromatic N) is 1. The maximum Gasteiger partial charge on any atom is 0.255 e. The Labute approximate surface area is 137 Å². The normalized spacial score (nSPS) is 15.2. The van der Waals surface area contributed by atoms with E-state index in [-0.39, 0.29) is 11.9 Å². The fourth-order valence-corrected chi connectivity index (χ4v) is 3.62. The summed E-state index contributed by atoms with van der Waals surface area (Å²) in [5.74, 6) is 0.109. The van der Waals surface area contributed by atoms with Crippen LogP contribution < -0.4 is 0 Å². The molecular formula is C17H15BrClNO. The molecule has 0 spiro atoms.